The normalized spacial score (nSPS) is 12.0. The van der Waals surface area contributed by atoms with Crippen LogP contribution in [0.2, 0.25) is 10.0 Å². The largest absolute Gasteiger partial charge is 0.456 e. The topological polar surface area (TPSA) is 56.2 Å². The van der Waals surface area contributed by atoms with Crippen molar-refractivity contribution in [3.8, 4) is 22.5 Å². The Hall–Kier alpha value is -2.82. The zero-order valence-electron chi connectivity index (χ0n) is 18.5. The number of hydrogen-bond acceptors (Lipinski definition) is 3. The number of hydrogen-bond donors (Lipinski definition) is 2. The Kier molecular flexibility index (Phi) is 6.27. The highest BCUT2D eigenvalue weighted by molar-refractivity contribution is 6.38. The third-order valence-corrected chi connectivity index (χ3v) is 6.30. The summed E-state index contributed by atoms with van der Waals surface area (Å²) in [6.07, 6.45) is 0.769. The van der Waals surface area contributed by atoms with Crippen LogP contribution in [0.15, 0.2) is 40.8 Å². The summed E-state index contributed by atoms with van der Waals surface area (Å²) in [6.45, 7) is 9.80. The lowest BCUT2D eigenvalue weighted by molar-refractivity contribution is -0.496. The number of rotatable bonds is 5. The van der Waals surface area contributed by atoms with E-state index in [1.54, 1.807) is 12.1 Å². The fraction of sp³-hybridized carbons (Fsp3) is 0.231. The number of aryl methyl sites for hydroxylation is 2. The molecule has 0 saturated carbocycles. The lowest BCUT2D eigenvalue weighted by Gasteiger charge is -2.20. The first-order valence-corrected chi connectivity index (χ1v) is 11.4. The molecule has 4 nitrogen and oxygen atoms in total. The molecule has 32 heavy (non-hydrogen) atoms. The fourth-order valence-electron chi connectivity index (χ4n) is 4.17. The molecule has 2 N–H and O–H groups in total. The second-order valence-corrected chi connectivity index (χ2v) is 8.61. The maximum absolute atomic E-state index is 12.1. The molecule has 0 fully saturated rings. The van der Waals surface area contributed by atoms with Gasteiger partial charge in [-0.15, -0.1) is 0 Å². The van der Waals surface area contributed by atoms with Crippen LogP contribution in [0, 0.1) is 13.8 Å². The van der Waals surface area contributed by atoms with Gasteiger partial charge in [0.25, 0.3) is 0 Å². The van der Waals surface area contributed by atoms with Crippen LogP contribution >= 0.6 is 23.2 Å². The van der Waals surface area contributed by atoms with Crippen LogP contribution < -0.4 is 15.7 Å². The summed E-state index contributed by atoms with van der Waals surface area (Å²) in [5.41, 5.74) is 6.55. The summed E-state index contributed by atoms with van der Waals surface area (Å²) in [7, 11) is 0. The second-order valence-electron chi connectivity index (χ2n) is 7.80. The average molecular weight is 468 g/mol. The van der Waals surface area contributed by atoms with E-state index in [1.165, 1.54) is 0 Å². The van der Waals surface area contributed by atoms with Crippen LogP contribution in [0.5, 0.6) is 0 Å². The van der Waals surface area contributed by atoms with E-state index < -0.39 is 0 Å². The molecule has 2 aromatic rings. The Morgan fingerprint density at radius 3 is 2.44 bits per heavy atom. The molecule has 0 radical (unpaired) electrons. The summed E-state index contributed by atoms with van der Waals surface area (Å²) in [4.78, 5) is 15.5. The van der Waals surface area contributed by atoms with E-state index in [-0.39, 0.29) is 0 Å². The molecule has 6 heteroatoms. The van der Waals surface area contributed by atoms with Gasteiger partial charge in [-0.25, -0.2) is 4.99 Å². The first-order chi connectivity index (χ1) is 15.4. The van der Waals surface area contributed by atoms with E-state index in [2.05, 4.69) is 36.3 Å². The SMILES string of the molecule is CCNc1cc2oc3cc(=[NH+]CC)c(C)cc-3c(-c3c(Cl)ccc(Cl)c3C=O)c2cc1C. The summed E-state index contributed by atoms with van der Waals surface area (Å²) < 4.78 is 6.39. The molecule has 2 aromatic carbocycles. The molecule has 2 aliphatic rings. The zero-order chi connectivity index (χ0) is 23.0. The highest BCUT2D eigenvalue weighted by atomic mass is 35.5. The minimum atomic E-state index is 0.364. The quantitative estimate of drug-likeness (QED) is 0.306. The standard InChI is InChI=1S/C26H24Cl2N2O2/c1-5-29-21-11-23-16(9-14(21)3)25(26-18(13-31)19(27)7-8-20(26)28)17-10-15(4)22(30-6-2)12-24(17)32-23/h7-13,29H,5-6H2,1-4H3/p+1. The van der Waals surface area contributed by atoms with Gasteiger partial charge in [0.05, 0.1) is 11.1 Å². The van der Waals surface area contributed by atoms with Gasteiger partial charge in [0.1, 0.15) is 17.9 Å². The van der Waals surface area contributed by atoms with E-state index in [0.29, 0.717) is 32.5 Å². The number of halogens is 2. The van der Waals surface area contributed by atoms with Gasteiger partial charge in [0.15, 0.2) is 6.29 Å². The first-order valence-electron chi connectivity index (χ1n) is 10.7. The minimum absolute atomic E-state index is 0.364. The number of carbonyl (C=O) groups is 1. The van der Waals surface area contributed by atoms with E-state index >= 15 is 0 Å². The van der Waals surface area contributed by atoms with Gasteiger partial charge in [0.2, 0.25) is 5.36 Å². The Morgan fingerprint density at radius 1 is 1.00 bits per heavy atom. The Balaban J connectivity index is 2.25. The molecule has 1 aliphatic heterocycles. The Morgan fingerprint density at radius 2 is 1.75 bits per heavy atom. The van der Waals surface area contributed by atoms with Crippen molar-refractivity contribution in [1.82, 2.24) is 0 Å². The van der Waals surface area contributed by atoms with Crippen molar-refractivity contribution in [2.24, 2.45) is 0 Å². The van der Waals surface area contributed by atoms with Gasteiger partial charge in [-0.1, -0.05) is 23.2 Å². The molecule has 1 heterocycles. The first kappa shape index (κ1) is 22.4. The van der Waals surface area contributed by atoms with Crippen molar-refractivity contribution < 1.29 is 14.2 Å². The van der Waals surface area contributed by atoms with E-state index in [0.717, 1.165) is 58.1 Å². The monoisotopic (exact) mass is 467 g/mol. The van der Waals surface area contributed by atoms with E-state index in [9.17, 15) is 4.79 Å². The molecule has 0 aromatic heterocycles. The molecule has 0 atom stereocenters. The summed E-state index contributed by atoms with van der Waals surface area (Å²) >= 11 is 13.1. The van der Waals surface area contributed by atoms with E-state index in [1.807, 2.05) is 26.0 Å². The third-order valence-electron chi connectivity index (χ3n) is 5.66. The molecule has 164 valence electrons. The van der Waals surface area contributed by atoms with Crippen LogP contribution in [0.25, 0.3) is 33.4 Å². The molecule has 0 spiro atoms. The van der Waals surface area contributed by atoms with Crippen LogP contribution in [0.1, 0.15) is 35.3 Å². The summed E-state index contributed by atoms with van der Waals surface area (Å²) in [5, 5.41) is 6.09. The Bertz CT molecular complexity index is 1390. The Labute approximate surface area is 197 Å². The maximum atomic E-state index is 12.1. The fourth-order valence-corrected chi connectivity index (χ4v) is 4.63. The lowest BCUT2D eigenvalue weighted by atomic mass is 9.89. The van der Waals surface area contributed by atoms with Crippen molar-refractivity contribution >= 4 is 46.1 Å². The molecule has 0 bridgehead atoms. The number of carbonyl (C=O) groups excluding carboxylic acids is 1. The summed E-state index contributed by atoms with van der Waals surface area (Å²) in [5.74, 6) is 0.702. The molecule has 0 amide bonds. The van der Waals surface area contributed by atoms with Crippen molar-refractivity contribution in [2.75, 3.05) is 18.4 Å². The molecule has 1 aliphatic carbocycles. The third kappa shape index (κ3) is 3.78. The lowest BCUT2D eigenvalue weighted by Crippen LogP contribution is -2.76. The number of anilines is 1. The highest BCUT2D eigenvalue weighted by Gasteiger charge is 2.24. The smallest absolute Gasteiger partial charge is 0.204 e. The van der Waals surface area contributed by atoms with Crippen molar-refractivity contribution in [3.05, 3.63) is 68.5 Å². The predicted octanol–water partition coefficient (Wildman–Crippen LogP) is 5.37. The van der Waals surface area contributed by atoms with Crippen LogP contribution in [-0.4, -0.2) is 19.4 Å². The molecule has 0 saturated heterocycles. The number of nitrogens with one attached hydrogen (secondary N) is 2. The maximum Gasteiger partial charge on any atom is 0.204 e. The molecule has 0 unspecified atom stereocenters. The predicted molar refractivity (Wildman–Crippen MR) is 132 cm³/mol. The number of aldehydes is 1. The molecule has 4 rings (SSSR count). The molecular formula is C26H25Cl2N2O2+. The number of benzene rings is 3. The zero-order valence-corrected chi connectivity index (χ0v) is 20.0. The van der Waals surface area contributed by atoms with Gasteiger partial charge in [-0.3, -0.25) is 4.79 Å². The van der Waals surface area contributed by atoms with Gasteiger partial charge >= 0.3 is 0 Å². The van der Waals surface area contributed by atoms with Crippen LogP contribution in [0.4, 0.5) is 5.69 Å². The molecular weight excluding hydrogens is 443 g/mol. The van der Waals surface area contributed by atoms with Crippen LogP contribution in [0.3, 0.4) is 0 Å². The number of fused-ring (bicyclic) bond motifs is 2. The van der Waals surface area contributed by atoms with Crippen molar-refractivity contribution in [1.29, 1.82) is 0 Å². The van der Waals surface area contributed by atoms with Gasteiger partial charge < -0.3 is 9.73 Å². The van der Waals surface area contributed by atoms with Gasteiger partial charge in [-0.05, 0) is 57.5 Å². The van der Waals surface area contributed by atoms with E-state index in [4.69, 9.17) is 27.6 Å². The van der Waals surface area contributed by atoms with Crippen molar-refractivity contribution in [2.45, 2.75) is 27.7 Å². The van der Waals surface area contributed by atoms with Gasteiger partial charge in [0, 0.05) is 56.5 Å². The second kappa shape index (κ2) is 8.97. The van der Waals surface area contributed by atoms with Gasteiger partial charge in [-0.2, -0.15) is 0 Å². The average Bonchev–Trinajstić information content (AvgIpc) is 2.76. The van der Waals surface area contributed by atoms with Crippen LogP contribution in [-0.2, 0) is 0 Å². The minimum Gasteiger partial charge on any atom is -0.456 e. The highest BCUT2D eigenvalue weighted by Crippen LogP contribution is 2.46. The summed E-state index contributed by atoms with van der Waals surface area (Å²) in [6, 6.07) is 11.5. The van der Waals surface area contributed by atoms with Crippen molar-refractivity contribution in [3.63, 3.8) is 0 Å².